The maximum atomic E-state index is 8.80. The summed E-state index contributed by atoms with van der Waals surface area (Å²) < 4.78 is 0. The summed E-state index contributed by atoms with van der Waals surface area (Å²) in [5.41, 5.74) is 1.49. The molecule has 0 heterocycles. The average Bonchev–Trinajstić information content (AvgIpc) is 2.06. The average molecular weight is 151 g/mol. The Hall–Kier alpha value is -1.35. The third kappa shape index (κ3) is 1.78. The van der Waals surface area contributed by atoms with Crippen LogP contribution in [-0.2, 0) is 6.61 Å². The largest absolute Gasteiger partial charge is 0.411 e. The lowest BCUT2D eigenvalue weighted by Crippen LogP contribution is -1.91. The van der Waals surface area contributed by atoms with E-state index in [9.17, 15) is 0 Å². The molecule has 0 unspecified atom stereocenters. The number of aliphatic hydroxyl groups excluding tert-OH is 1. The van der Waals surface area contributed by atoms with Crippen LogP contribution in [0, 0.1) is 0 Å². The van der Waals surface area contributed by atoms with Crippen LogP contribution in [0.15, 0.2) is 29.4 Å². The zero-order chi connectivity index (χ0) is 8.10. The van der Waals surface area contributed by atoms with Gasteiger partial charge in [-0.15, -0.1) is 0 Å². The molecule has 11 heavy (non-hydrogen) atoms. The first-order chi connectivity index (χ1) is 5.38. The summed E-state index contributed by atoms with van der Waals surface area (Å²) in [5, 5.41) is 19.9. The summed E-state index contributed by atoms with van der Waals surface area (Å²) in [7, 11) is 0. The second kappa shape index (κ2) is 3.73. The number of rotatable bonds is 2. The van der Waals surface area contributed by atoms with E-state index in [2.05, 4.69) is 5.16 Å². The van der Waals surface area contributed by atoms with Crippen molar-refractivity contribution in [1.29, 1.82) is 0 Å². The Kier molecular flexibility index (Phi) is 2.63. The maximum Gasteiger partial charge on any atom is 0.0737 e. The van der Waals surface area contributed by atoms with Crippen LogP contribution in [0.5, 0.6) is 0 Å². The lowest BCUT2D eigenvalue weighted by molar-refractivity contribution is 0.281. The molecule has 3 nitrogen and oxygen atoms in total. The molecule has 0 amide bonds. The molecular weight excluding hydrogens is 142 g/mol. The van der Waals surface area contributed by atoms with Crippen LogP contribution in [0.25, 0.3) is 0 Å². The van der Waals surface area contributed by atoms with E-state index < -0.39 is 0 Å². The van der Waals surface area contributed by atoms with Gasteiger partial charge >= 0.3 is 0 Å². The van der Waals surface area contributed by atoms with Gasteiger partial charge in [0.1, 0.15) is 0 Å². The molecule has 0 spiro atoms. The number of nitrogens with zero attached hydrogens (tertiary/aromatic N) is 1. The van der Waals surface area contributed by atoms with Crippen LogP contribution in [0.2, 0.25) is 0 Å². The third-order valence-electron chi connectivity index (χ3n) is 1.42. The number of hydrogen-bond acceptors (Lipinski definition) is 3. The first-order valence-corrected chi connectivity index (χ1v) is 3.24. The molecular formula is C8H9NO2. The molecule has 2 N–H and O–H groups in total. The second-order valence-electron chi connectivity index (χ2n) is 2.10. The fourth-order valence-corrected chi connectivity index (χ4v) is 0.866. The predicted octanol–water partition coefficient (Wildman–Crippen LogP) is 0.987. The van der Waals surface area contributed by atoms with Crippen LogP contribution in [-0.4, -0.2) is 16.5 Å². The smallest absolute Gasteiger partial charge is 0.0737 e. The Morgan fingerprint density at radius 2 is 2.09 bits per heavy atom. The summed E-state index contributed by atoms with van der Waals surface area (Å²) in [4.78, 5) is 0. The van der Waals surface area contributed by atoms with Crippen LogP contribution in [0.1, 0.15) is 11.1 Å². The highest BCUT2D eigenvalue weighted by atomic mass is 16.4. The highest BCUT2D eigenvalue weighted by molar-refractivity contribution is 5.81. The fraction of sp³-hybridized carbons (Fsp3) is 0.125. The van der Waals surface area contributed by atoms with E-state index in [-0.39, 0.29) is 6.61 Å². The molecule has 0 aromatic heterocycles. The summed E-state index contributed by atoms with van der Waals surface area (Å²) in [6.07, 6.45) is 1.30. The van der Waals surface area contributed by atoms with Crippen molar-refractivity contribution in [2.75, 3.05) is 0 Å². The zero-order valence-corrected chi connectivity index (χ0v) is 5.94. The summed E-state index contributed by atoms with van der Waals surface area (Å²) in [6, 6.07) is 7.18. The lowest BCUT2D eigenvalue weighted by Gasteiger charge is -1.98. The van der Waals surface area contributed by atoms with E-state index in [1.54, 1.807) is 12.1 Å². The maximum absolute atomic E-state index is 8.80. The molecule has 1 aromatic rings. The monoisotopic (exact) mass is 151 g/mol. The van der Waals surface area contributed by atoms with Crippen molar-refractivity contribution < 1.29 is 10.3 Å². The zero-order valence-electron chi connectivity index (χ0n) is 5.94. The summed E-state index contributed by atoms with van der Waals surface area (Å²) in [6.45, 7) is -0.0395. The van der Waals surface area contributed by atoms with Crippen molar-refractivity contribution >= 4 is 6.21 Å². The van der Waals surface area contributed by atoms with Crippen molar-refractivity contribution in [2.24, 2.45) is 5.16 Å². The minimum atomic E-state index is -0.0395. The third-order valence-corrected chi connectivity index (χ3v) is 1.42. The first-order valence-electron chi connectivity index (χ1n) is 3.24. The van der Waals surface area contributed by atoms with Gasteiger partial charge < -0.3 is 10.3 Å². The lowest BCUT2D eigenvalue weighted by atomic mass is 10.1. The topological polar surface area (TPSA) is 52.8 Å². The van der Waals surface area contributed by atoms with Gasteiger partial charge in [-0.3, -0.25) is 0 Å². The second-order valence-corrected chi connectivity index (χ2v) is 2.10. The minimum Gasteiger partial charge on any atom is -0.411 e. The Labute approximate surface area is 64.6 Å². The van der Waals surface area contributed by atoms with Gasteiger partial charge in [-0.25, -0.2) is 0 Å². The fourth-order valence-electron chi connectivity index (χ4n) is 0.866. The van der Waals surface area contributed by atoms with Gasteiger partial charge in [0.2, 0.25) is 0 Å². The predicted molar refractivity (Wildman–Crippen MR) is 41.7 cm³/mol. The van der Waals surface area contributed by atoms with E-state index in [0.717, 1.165) is 11.1 Å². The van der Waals surface area contributed by atoms with Gasteiger partial charge in [0, 0.05) is 5.56 Å². The van der Waals surface area contributed by atoms with E-state index in [4.69, 9.17) is 10.3 Å². The molecule has 0 bridgehead atoms. The Morgan fingerprint density at radius 3 is 2.73 bits per heavy atom. The number of hydrogen-bond donors (Lipinski definition) is 2. The van der Waals surface area contributed by atoms with Gasteiger partial charge in [0.15, 0.2) is 0 Å². The van der Waals surface area contributed by atoms with Crippen molar-refractivity contribution in [3.8, 4) is 0 Å². The number of oxime groups is 1. The van der Waals surface area contributed by atoms with Crippen molar-refractivity contribution in [3.05, 3.63) is 35.4 Å². The molecule has 3 heteroatoms. The van der Waals surface area contributed by atoms with Crippen LogP contribution in [0.4, 0.5) is 0 Å². The SMILES string of the molecule is OCc1ccccc1/C=N\O. The summed E-state index contributed by atoms with van der Waals surface area (Å²) in [5.74, 6) is 0. The standard InChI is InChI=1S/C8H9NO2/c10-6-8-4-2-1-3-7(8)5-9-11/h1-5,10-11H,6H2/b9-5-. The number of benzene rings is 1. The quantitative estimate of drug-likeness (QED) is 0.376. The molecule has 0 radical (unpaired) electrons. The molecule has 0 saturated heterocycles. The molecule has 1 aromatic carbocycles. The molecule has 0 aliphatic carbocycles. The molecule has 0 atom stereocenters. The van der Waals surface area contributed by atoms with Gasteiger partial charge in [0.25, 0.3) is 0 Å². The van der Waals surface area contributed by atoms with Gasteiger partial charge in [-0.05, 0) is 5.56 Å². The van der Waals surface area contributed by atoms with E-state index in [1.807, 2.05) is 12.1 Å². The Balaban J connectivity index is 3.02. The first kappa shape index (κ1) is 7.75. The molecule has 58 valence electrons. The molecule has 1 rings (SSSR count). The van der Waals surface area contributed by atoms with E-state index >= 15 is 0 Å². The van der Waals surface area contributed by atoms with Crippen molar-refractivity contribution in [2.45, 2.75) is 6.61 Å². The van der Waals surface area contributed by atoms with Crippen molar-refractivity contribution in [1.82, 2.24) is 0 Å². The van der Waals surface area contributed by atoms with Crippen LogP contribution in [0.3, 0.4) is 0 Å². The Morgan fingerprint density at radius 1 is 1.36 bits per heavy atom. The molecule has 0 saturated carbocycles. The molecule has 0 fully saturated rings. The van der Waals surface area contributed by atoms with Crippen LogP contribution >= 0.6 is 0 Å². The van der Waals surface area contributed by atoms with Crippen molar-refractivity contribution in [3.63, 3.8) is 0 Å². The number of aliphatic hydroxyl groups is 1. The van der Waals surface area contributed by atoms with Gasteiger partial charge in [-0.1, -0.05) is 29.4 Å². The van der Waals surface area contributed by atoms with Gasteiger partial charge in [0.05, 0.1) is 12.8 Å². The normalized spacial score (nSPS) is 10.6. The molecule has 0 aliphatic heterocycles. The molecule has 0 aliphatic rings. The Bertz CT molecular complexity index is 258. The highest BCUT2D eigenvalue weighted by Crippen LogP contribution is 2.05. The van der Waals surface area contributed by atoms with E-state index in [1.165, 1.54) is 6.21 Å². The van der Waals surface area contributed by atoms with Crippen LogP contribution < -0.4 is 0 Å². The van der Waals surface area contributed by atoms with Gasteiger partial charge in [-0.2, -0.15) is 0 Å². The minimum absolute atomic E-state index is 0.0395. The summed E-state index contributed by atoms with van der Waals surface area (Å²) >= 11 is 0. The highest BCUT2D eigenvalue weighted by Gasteiger charge is 1.95. The van der Waals surface area contributed by atoms with E-state index in [0.29, 0.717) is 0 Å².